The summed E-state index contributed by atoms with van der Waals surface area (Å²) < 4.78 is 0. The molecule has 2 rings (SSSR count). The van der Waals surface area contributed by atoms with Gasteiger partial charge in [-0.3, -0.25) is 4.79 Å². The van der Waals surface area contributed by atoms with Crippen molar-refractivity contribution >= 4 is 11.7 Å². The van der Waals surface area contributed by atoms with E-state index in [4.69, 9.17) is 5.73 Å². The number of aromatic nitrogens is 1. The highest BCUT2D eigenvalue weighted by atomic mass is 16.1. The van der Waals surface area contributed by atoms with Gasteiger partial charge in [-0.15, -0.1) is 0 Å². The Kier molecular flexibility index (Phi) is 4.13. The van der Waals surface area contributed by atoms with Gasteiger partial charge in [0.05, 0.1) is 0 Å². The maximum absolute atomic E-state index is 12.0. The van der Waals surface area contributed by atoms with Crippen LogP contribution in [0.4, 0.5) is 5.82 Å². The smallest absolute Gasteiger partial charge is 0.251 e. The lowest BCUT2D eigenvalue weighted by molar-refractivity contribution is 0.0950. The monoisotopic (exact) mass is 255 g/mol. The number of benzene rings is 1. The molecule has 0 atom stereocenters. The topological polar surface area (TPSA) is 68.0 Å². The Labute approximate surface area is 112 Å². The maximum atomic E-state index is 12.0. The zero-order valence-electron chi connectivity index (χ0n) is 10.9. The van der Waals surface area contributed by atoms with Gasteiger partial charge in [-0.05, 0) is 24.1 Å². The number of carbonyl (C=O) groups is 1. The lowest BCUT2D eigenvalue weighted by Gasteiger charge is -2.07. The Morgan fingerprint density at radius 1 is 1.26 bits per heavy atom. The number of amides is 1. The molecule has 0 saturated heterocycles. The van der Waals surface area contributed by atoms with Crippen LogP contribution in [-0.2, 0) is 13.0 Å². The minimum Gasteiger partial charge on any atom is -0.384 e. The molecule has 0 unspecified atom stereocenters. The molecule has 98 valence electrons. The number of hydrogen-bond donors (Lipinski definition) is 2. The molecule has 2 aromatic rings. The maximum Gasteiger partial charge on any atom is 0.251 e. The molecule has 0 bridgehead atoms. The fourth-order valence-corrected chi connectivity index (χ4v) is 1.80. The summed E-state index contributed by atoms with van der Waals surface area (Å²) in [6.45, 7) is 2.48. The lowest BCUT2D eigenvalue weighted by atomic mass is 10.1. The van der Waals surface area contributed by atoms with E-state index in [0.29, 0.717) is 17.9 Å². The number of anilines is 1. The number of carbonyl (C=O) groups excluding carboxylic acids is 1. The molecule has 0 radical (unpaired) electrons. The van der Waals surface area contributed by atoms with Crippen molar-refractivity contribution in [2.75, 3.05) is 5.73 Å². The van der Waals surface area contributed by atoms with Gasteiger partial charge < -0.3 is 11.1 Å². The van der Waals surface area contributed by atoms with Crippen LogP contribution in [0.5, 0.6) is 0 Å². The van der Waals surface area contributed by atoms with Gasteiger partial charge in [-0.25, -0.2) is 4.98 Å². The van der Waals surface area contributed by atoms with E-state index < -0.39 is 0 Å². The highest BCUT2D eigenvalue weighted by Gasteiger charge is 2.08. The van der Waals surface area contributed by atoms with Crippen molar-refractivity contribution < 1.29 is 4.79 Å². The third-order valence-corrected chi connectivity index (χ3v) is 2.82. The van der Waals surface area contributed by atoms with E-state index in [0.717, 1.165) is 17.7 Å². The van der Waals surface area contributed by atoms with Crippen LogP contribution < -0.4 is 11.1 Å². The van der Waals surface area contributed by atoms with E-state index in [1.54, 1.807) is 12.1 Å². The molecule has 0 fully saturated rings. The molecular weight excluding hydrogens is 238 g/mol. The van der Waals surface area contributed by atoms with E-state index >= 15 is 0 Å². The molecule has 0 aliphatic carbocycles. The Hall–Kier alpha value is -2.36. The molecule has 0 aliphatic heterocycles. The highest BCUT2D eigenvalue weighted by molar-refractivity contribution is 5.94. The fourth-order valence-electron chi connectivity index (χ4n) is 1.80. The second-order valence-electron chi connectivity index (χ2n) is 4.29. The summed E-state index contributed by atoms with van der Waals surface area (Å²) in [6.07, 6.45) is 0.754. The molecule has 1 aromatic carbocycles. The molecule has 0 saturated carbocycles. The Bertz CT molecular complexity index is 567. The fraction of sp³-hybridized carbons (Fsp3) is 0.200. The first-order chi connectivity index (χ1) is 9.19. The number of nitrogens with two attached hydrogens (primary N) is 1. The predicted octanol–water partition coefficient (Wildman–Crippen LogP) is 2.16. The number of nitrogen functional groups attached to an aromatic ring is 1. The molecule has 19 heavy (non-hydrogen) atoms. The summed E-state index contributed by atoms with van der Waals surface area (Å²) in [5.41, 5.74) is 8.13. The first-order valence-corrected chi connectivity index (χ1v) is 6.27. The molecule has 1 aromatic heterocycles. The summed E-state index contributed by atoms with van der Waals surface area (Å²) in [5.74, 6) is 0.247. The number of rotatable bonds is 4. The zero-order valence-corrected chi connectivity index (χ0v) is 10.9. The van der Waals surface area contributed by atoms with Crippen LogP contribution in [0.1, 0.15) is 28.5 Å². The molecule has 4 nitrogen and oxygen atoms in total. The summed E-state index contributed by atoms with van der Waals surface area (Å²) >= 11 is 0. The van der Waals surface area contributed by atoms with Gasteiger partial charge >= 0.3 is 0 Å². The average Bonchev–Trinajstić information content (AvgIpc) is 2.45. The quantitative estimate of drug-likeness (QED) is 0.879. The van der Waals surface area contributed by atoms with E-state index in [-0.39, 0.29) is 5.91 Å². The van der Waals surface area contributed by atoms with Crippen LogP contribution >= 0.6 is 0 Å². The standard InChI is InChI=1S/C15H17N3O/c1-2-13-8-12(9-14(16)18-13)15(19)17-10-11-6-4-3-5-7-11/h3-9H,2,10H2,1H3,(H2,16,18)(H,17,19). The normalized spacial score (nSPS) is 10.2. The van der Waals surface area contributed by atoms with Gasteiger partial charge in [-0.2, -0.15) is 0 Å². The van der Waals surface area contributed by atoms with Crippen LogP contribution in [0.3, 0.4) is 0 Å². The third kappa shape index (κ3) is 3.55. The predicted molar refractivity (Wildman–Crippen MR) is 75.6 cm³/mol. The van der Waals surface area contributed by atoms with Crippen LogP contribution in [-0.4, -0.2) is 10.9 Å². The molecule has 3 N–H and O–H groups in total. The van der Waals surface area contributed by atoms with Gasteiger partial charge in [0, 0.05) is 17.8 Å². The van der Waals surface area contributed by atoms with Gasteiger partial charge in [0.1, 0.15) is 5.82 Å². The van der Waals surface area contributed by atoms with Crippen molar-refractivity contribution in [1.29, 1.82) is 0 Å². The number of pyridine rings is 1. The number of nitrogens with one attached hydrogen (secondary N) is 1. The Morgan fingerprint density at radius 3 is 2.68 bits per heavy atom. The van der Waals surface area contributed by atoms with Crippen LogP contribution in [0.2, 0.25) is 0 Å². The SMILES string of the molecule is CCc1cc(C(=O)NCc2ccccc2)cc(N)n1. The second-order valence-corrected chi connectivity index (χ2v) is 4.29. The van der Waals surface area contributed by atoms with E-state index in [1.165, 1.54) is 0 Å². The van der Waals surface area contributed by atoms with Gasteiger partial charge in [0.2, 0.25) is 0 Å². The van der Waals surface area contributed by atoms with Crippen LogP contribution in [0.25, 0.3) is 0 Å². The number of aryl methyl sites for hydroxylation is 1. The van der Waals surface area contributed by atoms with Crippen molar-refractivity contribution in [2.24, 2.45) is 0 Å². The van der Waals surface area contributed by atoms with Gasteiger partial charge in [-0.1, -0.05) is 37.3 Å². The minimum atomic E-state index is -0.132. The van der Waals surface area contributed by atoms with Crippen molar-refractivity contribution in [3.8, 4) is 0 Å². The number of nitrogens with zero attached hydrogens (tertiary/aromatic N) is 1. The van der Waals surface area contributed by atoms with Crippen molar-refractivity contribution in [1.82, 2.24) is 10.3 Å². The minimum absolute atomic E-state index is 0.132. The molecule has 1 heterocycles. The summed E-state index contributed by atoms with van der Waals surface area (Å²) in [5, 5.41) is 2.87. The molecule has 4 heteroatoms. The largest absolute Gasteiger partial charge is 0.384 e. The zero-order chi connectivity index (χ0) is 13.7. The van der Waals surface area contributed by atoms with E-state index in [2.05, 4.69) is 10.3 Å². The molecule has 0 aliphatic rings. The average molecular weight is 255 g/mol. The van der Waals surface area contributed by atoms with Crippen LogP contribution in [0, 0.1) is 0 Å². The highest BCUT2D eigenvalue weighted by Crippen LogP contribution is 2.09. The summed E-state index contributed by atoms with van der Waals surface area (Å²) in [7, 11) is 0. The van der Waals surface area contributed by atoms with Crippen molar-refractivity contribution in [3.63, 3.8) is 0 Å². The lowest BCUT2D eigenvalue weighted by Crippen LogP contribution is -2.23. The summed E-state index contributed by atoms with van der Waals surface area (Å²) in [6, 6.07) is 13.2. The molecule has 0 spiro atoms. The number of hydrogen-bond acceptors (Lipinski definition) is 3. The molecule has 1 amide bonds. The van der Waals surface area contributed by atoms with E-state index in [9.17, 15) is 4.79 Å². The first-order valence-electron chi connectivity index (χ1n) is 6.27. The van der Waals surface area contributed by atoms with E-state index in [1.807, 2.05) is 37.3 Å². The van der Waals surface area contributed by atoms with Crippen molar-refractivity contribution in [3.05, 3.63) is 59.3 Å². The van der Waals surface area contributed by atoms with Crippen LogP contribution in [0.15, 0.2) is 42.5 Å². The van der Waals surface area contributed by atoms with Gasteiger partial charge in [0.25, 0.3) is 5.91 Å². The van der Waals surface area contributed by atoms with Gasteiger partial charge in [0.15, 0.2) is 0 Å². The Balaban J connectivity index is 2.06. The second kappa shape index (κ2) is 6.00. The summed E-state index contributed by atoms with van der Waals surface area (Å²) in [4.78, 5) is 16.2. The third-order valence-electron chi connectivity index (χ3n) is 2.82. The first kappa shape index (κ1) is 13.1. The molecular formula is C15H17N3O. The van der Waals surface area contributed by atoms with Crippen molar-refractivity contribution in [2.45, 2.75) is 19.9 Å². The Morgan fingerprint density at radius 2 is 2.00 bits per heavy atom.